The highest BCUT2D eigenvalue weighted by Crippen LogP contribution is 2.40. The lowest BCUT2D eigenvalue weighted by Gasteiger charge is -2.28. The lowest BCUT2D eigenvalue weighted by atomic mass is 10.0. The van der Waals surface area contributed by atoms with Gasteiger partial charge in [0, 0.05) is 19.3 Å². The van der Waals surface area contributed by atoms with E-state index in [1.54, 1.807) is 11.9 Å². The maximum absolute atomic E-state index is 12.9. The molecule has 1 aromatic heterocycles. The number of rotatable bonds is 6. The van der Waals surface area contributed by atoms with Crippen molar-refractivity contribution in [3.8, 4) is 0 Å². The van der Waals surface area contributed by atoms with Crippen LogP contribution in [0, 0.1) is 0 Å². The van der Waals surface area contributed by atoms with Crippen LogP contribution in [0.5, 0.6) is 0 Å². The van der Waals surface area contributed by atoms with Gasteiger partial charge < -0.3 is 9.64 Å². The summed E-state index contributed by atoms with van der Waals surface area (Å²) in [5, 5.41) is 11.7. The molecular formula is C16H12F8N6O4S2. The molecule has 0 aliphatic carbocycles. The first-order valence-electron chi connectivity index (χ1n) is 9.31. The second-order valence-electron chi connectivity index (χ2n) is 7.07. The molecule has 0 fully saturated rings. The topological polar surface area (TPSA) is 126 Å². The van der Waals surface area contributed by atoms with Gasteiger partial charge in [0.2, 0.25) is 5.01 Å². The summed E-state index contributed by atoms with van der Waals surface area (Å²) in [4.78, 5) is 13.2. The monoisotopic (exact) mass is 568 g/mol. The Morgan fingerprint density at radius 1 is 1.11 bits per heavy atom. The number of hydrogen-bond acceptors (Lipinski definition) is 10. The van der Waals surface area contributed by atoms with E-state index < -0.39 is 55.3 Å². The average Bonchev–Trinajstić information content (AvgIpc) is 3.20. The minimum atomic E-state index is -6.18. The van der Waals surface area contributed by atoms with Crippen molar-refractivity contribution in [1.82, 2.24) is 10.2 Å². The normalized spacial score (nSPS) is 15.2. The summed E-state index contributed by atoms with van der Waals surface area (Å²) in [6, 6.07) is 2.36. The van der Waals surface area contributed by atoms with Gasteiger partial charge in [-0.2, -0.15) is 43.5 Å². The highest BCUT2D eigenvalue weighted by Gasteiger charge is 2.62. The number of benzene rings is 1. The standard InChI is InChI=1S/C16H12F8N6O4S2/c1-30-4-2-3-7-5-8(9(6-10(7)30)29-36(32,33)16(22,23)24)25-27-13-28-26-11(35-13)12(31)34-15(20,21)14(17,18)19/h5-6,29H,2-4H2,1H3. The van der Waals surface area contributed by atoms with Crippen LogP contribution in [0.2, 0.25) is 0 Å². The van der Waals surface area contributed by atoms with Gasteiger partial charge in [-0.15, -0.1) is 20.4 Å². The molecule has 0 unspecified atom stereocenters. The summed E-state index contributed by atoms with van der Waals surface area (Å²) >= 11 is 0.0792. The van der Waals surface area contributed by atoms with Crippen LogP contribution >= 0.6 is 11.3 Å². The van der Waals surface area contributed by atoms with Gasteiger partial charge in [0.25, 0.3) is 5.13 Å². The predicted molar refractivity (Wildman–Crippen MR) is 107 cm³/mol. The van der Waals surface area contributed by atoms with Crippen molar-refractivity contribution in [2.24, 2.45) is 10.2 Å². The van der Waals surface area contributed by atoms with Crippen molar-refractivity contribution in [3.05, 3.63) is 22.7 Å². The summed E-state index contributed by atoms with van der Waals surface area (Å²) in [5.41, 5.74) is -5.66. The van der Waals surface area contributed by atoms with E-state index in [0.717, 1.165) is 6.07 Å². The molecule has 3 rings (SSSR count). The van der Waals surface area contributed by atoms with Crippen LogP contribution in [0.1, 0.15) is 21.8 Å². The summed E-state index contributed by atoms with van der Waals surface area (Å²) in [5.74, 6) is -2.17. The molecule has 0 radical (unpaired) electrons. The number of nitrogens with one attached hydrogen (secondary N) is 1. The number of hydrogen-bond donors (Lipinski definition) is 1. The van der Waals surface area contributed by atoms with E-state index in [9.17, 15) is 48.3 Å². The molecule has 0 saturated heterocycles. The SMILES string of the molecule is CN1CCCc2cc(N=Nc3nnc(C(=O)OC(F)(F)C(F)(F)F)s3)c(NS(=O)(=O)C(F)(F)F)cc21. The fourth-order valence-corrected chi connectivity index (χ4v) is 3.93. The van der Waals surface area contributed by atoms with Crippen molar-refractivity contribution < 1.29 is 53.1 Å². The number of fused-ring (bicyclic) bond motifs is 1. The second-order valence-corrected chi connectivity index (χ2v) is 9.70. The number of esters is 1. The van der Waals surface area contributed by atoms with Crippen LogP contribution in [-0.4, -0.2) is 56.0 Å². The summed E-state index contributed by atoms with van der Waals surface area (Å²) in [6.07, 6.45) is -10.9. The fourth-order valence-electron chi connectivity index (χ4n) is 2.82. The van der Waals surface area contributed by atoms with Gasteiger partial charge in [-0.05, 0) is 30.5 Å². The average molecular weight is 568 g/mol. The van der Waals surface area contributed by atoms with Crippen molar-refractivity contribution >= 4 is 49.5 Å². The summed E-state index contributed by atoms with van der Waals surface area (Å²) in [6.45, 7) is 0.538. The van der Waals surface area contributed by atoms with Gasteiger partial charge in [-0.1, -0.05) is 11.3 Å². The minimum absolute atomic E-state index is 0.0792. The molecular weight excluding hydrogens is 556 g/mol. The molecule has 1 aliphatic heterocycles. The number of halogens is 8. The van der Waals surface area contributed by atoms with Crippen LogP contribution in [0.15, 0.2) is 22.4 Å². The molecule has 0 amide bonds. The van der Waals surface area contributed by atoms with Crippen molar-refractivity contribution in [3.63, 3.8) is 0 Å². The number of nitrogens with zero attached hydrogens (tertiary/aromatic N) is 5. The van der Waals surface area contributed by atoms with Gasteiger partial charge in [0.05, 0.1) is 5.69 Å². The van der Waals surface area contributed by atoms with Gasteiger partial charge >= 0.3 is 33.8 Å². The van der Waals surface area contributed by atoms with Crippen LogP contribution in [-0.2, 0) is 21.2 Å². The molecule has 2 heterocycles. The Hall–Kier alpha value is -3.16. The molecule has 10 nitrogen and oxygen atoms in total. The maximum atomic E-state index is 12.9. The number of anilines is 2. The smallest absolute Gasteiger partial charge is 0.388 e. The summed E-state index contributed by atoms with van der Waals surface area (Å²) in [7, 11) is -4.23. The van der Waals surface area contributed by atoms with Crippen LogP contribution in [0.25, 0.3) is 0 Å². The number of alkyl halides is 8. The van der Waals surface area contributed by atoms with Crippen LogP contribution in [0.4, 0.5) is 57.3 Å². The molecule has 1 aromatic carbocycles. The highest BCUT2D eigenvalue weighted by molar-refractivity contribution is 7.93. The number of aryl methyl sites for hydroxylation is 1. The van der Waals surface area contributed by atoms with Gasteiger partial charge in [-0.25, -0.2) is 4.79 Å². The van der Waals surface area contributed by atoms with Crippen molar-refractivity contribution in [2.75, 3.05) is 23.2 Å². The van der Waals surface area contributed by atoms with E-state index in [2.05, 4.69) is 25.2 Å². The highest BCUT2D eigenvalue weighted by atomic mass is 32.2. The zero-order valence-corrected chi connectivity index (χ0v) is 19.1. The number of carbonyl (C=O) groups excluding carboxylic acids is 1. The van der Waals surface area contributed by atoms with Crippen LogP contribution in [0.3, 0.4) is 0 Å². The van der Waals surface area contributed by atoms with Crippen molar-refractivity contribution in [2.45, 2.75) is 30.6 Å². The molecule has 0 bridgehead atoms. The molecule has 0 saturated carbocycles. The Morgan fingerprint density at radius 2 is 1.78 bits per heavy atom. The first kappa shape index (κ1) is 27.4. The third kappa shape index (κ3) is 5.79. The second kappa shape index (κ2) is 9.37. The molecule has 1 N–H and O–H groups in total. The van der Waals surface area contributed by atoms with E-state index in [-0.39, 0.29) is 11.3 Å². The van der Waals surface area contributed by atoms with Gasteiger partial charge in [-0.3, -0.25) is 4.72 Å². The van der Waals surface area contributed by atoms with E-state index in [1.165, 1.54) is 10.8 Å². The Morgan fingerprint density at radius 3 is 2.39 bits per heavy atom. The lowest BCUT2D eigenvalue weighted by molar-refractivity contribution is -0.370. The maximum Gasteiger partial charge on any atom is 0.516 e. The molecule has 0 atom stereocenters. The Kier molecular flexibility index (Phi) is 7.14. The number of aromatic nitrogens is 2. The predicted octanol–water partition coefficient (Wildman–Crippen LogP) is 4.91. The van der Waals surface area contributed by atoms with E-state index in [4.69, 9.17) is 0 Å². The largest absolute Gasteiger partial charge is 0.516 e. The number of sulfonamides is 1. The fraction of sp³-hybridized carbons (Fsp3) is 0.438. The third-order valence-corrected chi connectivity index (χ3v) is 6.37. The number of ether oxygens (including phenoxy) is 1. The molecule has 1 aliphatic rings. The quantitative estimate of drug-likeness (QED) is 0.298. The van der Waals surface area contributed by atoms with Crippen molar-refractivity contribution in [1.29, 1.82) is 0 Å². The zero-order valence-electron chi connectivity index (χ0n) is 17.5. The number of carbonyl (C=O) groups is 1. The molecule has 36 heavy (non-hydrogen) atoms. The Labute approximate surface area is 200 Å². The van der Waals surface area contributed by atoms with E-state index in [1.807, 2.05) is 0 Å². The molecule has 0 spiro atoms. The molecule has 198 valence electrons. The molecule has 20 heteroatoms. The lowest BCUT2D eigenvalue weighted by Crippen LogP contribution is -2.40. The Bertz CT molecular complexity index is 1290. The number of azo groups is 1. The zero-order chi connectivity index (χ0) is 27.1. The van der Waals surface area contributed by atoms with Gasteiger partial charge in [0.15, 0.2) is 0 Å². The van der Waals surface area contributed by atoms with E-state index >= 15 is 0 Å². The molecule has 2 aromatic rings. The summed E-state index contributed by atoms with van der Waals surface area (Å²) < 4.78 is 129. The first-order chi connectivity index (χ1) is 16.4. The Balaban J connectivity index is 1.92. The third-order valence-electron chi connectivity index (χ3n) is 4.48. The van der Waals surface area contributed by atoms with Crippen LogP contribution < -0.4 is 9.62 Å². The first-order valence-corrected chi connectivity index (χ1v) is 11.6. The van der Waals surface area contributed by atoms with E-state index in [0.29, 0.717) is 30.6 Å². The minimum Gasteiger partial charge on any atom is -0.388 e. The van der Waals surface area contributed by atoms with Gasteiger partial charge in [0.1, 0.15) is 5.69 Å².